The van der Waals surface area contributed by atoms with Crippen LogP contribution >= 0.6 is 0 Å². The molecule has 2 N–H and O–H groups in total. The van der Waals surface area contributed by atoms with Crippen molar-refractivity contribution in [2.75, 3.05) is 0 Å². The molecule has 0 saturated heterocycles. The zero-order valence-electron chi connectivity index (χ0n) is 12.2. The number of sulfonamides is 1. The minimum atomic E-state index is -8.84. The number of nitrogens with two attached hydrogens (primary N) is 1. The van der Waals surface area contributed by atoms with Gasteiger partial charge in [-0.15, -0.1) is 0 Å². The summed E-state index contributed by atoms with van der Waals surface area (Å²) < 4.78 is 236. The Balaban J connectivity index is 6.90. The van der Waals surface area contributed by atoms with Crippen LogP contribution in [-0.4, -0.2) is 55.4 Å². The van der Waals surface area contributed by atoms with Crippen molar-refractivity contribution in [3.63, 3.8) is 0 Å². The second-order valence-corrected chi connectivity index (χ2v) is 6.61. The van der Waals surface area contributed by atoms with Gasteiger partial charge in [-0.1, -0.05) is 0 Å². The molecule has 0 heterocycles. The second-order valence-electron chi connectivity index (χ2n) is 5.01. The highest BCUT2D eigenvalue weighted by Crippen LogP contribution is 2.64. The summed E-state index contributed by atoms with van der Waals surface area (Å²) in [4.78, 5) is 0. The van der Waals surface area contributed by atoms with Gasteiger partial charge in [-0.25, -0.2) is 13.6 Å². The summed E-state index contributed by atoms with van der Waals surface area (Å²) in [6.07, 6.45) is -7.86. The molecule has 0 fully saturated rings. The lowest BCUT2D eigenvalue weighted by Crippen LogP contribution is -2.75. The summed E-state index contributed by atoms with van der Waals surface area (Å²) in [5.41, 5.74) is 0. The fraction of sp³-hybridized carbons (Fsp3) is 1.00. The fourth-order valence-corrected chi connectivity index (χ4v) is 1.81. The van der Waals surface area contributed by atoms with E-state index < -0.39 is 57.0 Å². The van der Waals surface area contributed by atoms with Gasteiger partial charge in [0.15, 0.2) is 0 Å². The molecule has 29 heavy (non-hydrogen) atoms. The molecular formula is C8H2F17NO2S. The number of rotatable bonds is 7. The molecule has 0 aromatic carbocycles. The number of hydrogen-bond acceptors (Lipinski definition) is 2. The summed E-state index contributed by atoms with van der Waals surface area (Å²) in [7, 11) is -7.39. The first kappa shape index (κ1) is 27.7. The third-order valence-electron chi connectivity index (χ3n) is 3.05. The summed E-state index contributed by atoms with van der Waals surface area (Å²) in [6.45, 7) is 0. The molecule has 0 aliphatic carbocycles. The van der Waals surface area contributed by atoms with Crippen molar-refractivity contribution in [2.24, 2.45) is 5.14 Å². The lowest BCUT2D eigenvalue weighted by Gasteiger charge is -2.42. The largest absolute Gasteiger partial charge is 0.460 e. The highest BCUT2D eigenvalue weighted by molar-refractivity contribution is 7.90. The van der Waals surface area contributed by atoms with E-state index in [-0.39, 0.29) is 0 Å². The van der Waals surface area contributed by atoms with Crippen LogP contribution in [0.3, 0.4) is 0 Å². The Morgan fingerprint density at radius 2 is 0.621 bits per heavy atom. The van der Waals surface area contributed by atoms with Gasteiger partial charge in [0.1, 0.15) is 0 Å². The second kappa shape index (κ2) is 6.36. The molecule has 0 aliphatic rings. The fourth-order valence-electron chi connectivity index (χ4n) is 1.33. The highest BCUT2D eigenvalue weighted by Gasteiger charge is 2.96. The van der Waals surface area contributed by atoms with E-state index in [1.165, 1.54) is 0 Å². The van der Waals surface area contributed by atoms with E-state index in [2.05, 4.69) is 5.14 Å². The molecule has 0 amide bonds. The van der Waals surface area contributed by atoms with E-state index in [1.54, 1.807) is 0 Å². The molecule has 0 saturated carbocycles. The maximum atomic E-state index is 13.1. The minimum Gasteiger partial charge on any atom is -0.223 e. The van der Waals surface area contributed by atoms with E-state index in [1.807, 2.05) is 0 Å². The quantitative estimate of drug-likeness (QED) is 0.420. The van der Waals surface area contributed by atoms with Gasteiger partial charge in [-0.2, -0.15) is 74.6 Å². The molecule has 0 rings (SSSR count). The minimum absolute atomic E-state index is 3.32. The lowest BCUT2D eigenvalue weighted by molar-refractivity contribution is -0.458. The van der Waals surface area contributed by atoms with Crippen LogP contribution < -0.4 is 5.14 Å². The van der Waals surface area contributed by atoms with Crippen LogP contribution in [0.5, 0.6) is 0 Å². The molecule has 21 heteroatoms. The molecule has 0 unspecified atom stereocenters. The Kier molecular flexibility index (Phi) is 6.08. The van der Waals surface area contributed by atoms with Gasteiger partial charge in [0.2, 0.25) is 0 Å². The molecule has 0 aliphatic heterocycles. The molecule has 0 radical (unpaired) electrons. The first-order valence-corrected chi connectivity index (χ1v) is 7.28. The van der Waals surface area contributed by atoms with Gasteiger partial charge in [0.25, 0.3) is 10.0 Å². The molecule has 0 bridgehead atoms. The molecule has 0 aromatic heterocycles. The summed E-state index contributed by atoms with van der Waals surface area (Å²) >= 11 is 0. The number of halogens is 17. The first-order valence-electron chi connectivity index (χ1n) is 5.74. The van der Waals surface area contributed by atoms with Crippen LogP contribution in [0.4, 0.5) is 74.6 Å². The van der Waals surface area contributed by atoms with E-state index in [4.69, 9.17) is 0 Å². The summed E-state index contributed by atoms with van der Waals surface area (Å²) in [6, 6.07) is 0. The maximum Gasteiger partial charge on any atom is 0.460 e. The first-order chi connectivity index (χ1) is 12.0. The van der Waals surface area contributed by atoms with Crippen molar-refractivity contribution in [2.45, 2.75) is 47.0 Å². The van der Waals surface area contributed by atoms with Gasteiger partial charge < -0.3 is 0 Å². The molecular weight excluding hydrogens is 498 g/mol. The zero-order valence-corrected chi connectivity index (χ0v) is 13.0. The SMILES string of the molecule is [15NH2]S(=O)(=O)C(F)(F)C(F)(F)C(F)(F)C(F)(F)C(F)(F)C(F)(F)C(F)(F)C(F)(F)F. The molecule has 176 valence electrons. The Hall–Kier alpha value is -1.28. The topological polar surface area (TPSA) is 60.2 Å². The van der Waals surface area contributed by atoms with Crippen LogP contribution in [0.2, 0.25) is 0 Å². The molecule has 3 nitrogen and oxygen atoms in total. The average Bonchev–Trinajstić information content (AvgIpc) is 2.43. The van der Waals surface area contributed by atoms with Gasteiger partial charge in [0, 0.05) is 0 Å². The average molecular weight is 500 g/mol. The molecule has 0 aromatic rings. The van der Waals surface area contributed by atoms with E-state index in [0.717, 1.165) is 0 Å². The van der Waals surface area contributed by atoms with Crippen molar-refractivity contribution in [3.8, 4) is 0 Å². The predicted octanol–water partition coefficient (Wildman–Crippen LogP) is 4.24. The third-order valence-corrected chi connectivity index (χ3v) is 4.02. The van der Waals surface area contributed by atoms with E-state index in [0.29, 0.717) is 0 Å². The van der Waals surface area contributed by atoms with E-state index in [9.17, 15) is 83.1 Å². The van der Waals surface area contributed by atoms with Gasteiger partial charge in [0.05, 0.1) is 0 Å². The van der Waals surface area contributed by atoms with Gasteiger partial charge in [-0.3, -0.25) is 0 Å². The Bertz CT molecular complexity index is 735. The van der Waals surface area contributed by atoms with Crippen LogP contribution in [0.1, 0.15) is 0 Å². The molecule has 0 spiro atoms. The van der Waals surface area contributed by atoms with Crippen LogP contribution in [-0.2, 0) is 10.0 Å². The zero-order chi connectivity index (χ0) is 24.5. The number of primary sulfonamides is 1. The lowest BCUT2D eigenvalue weighted by atomic mass is 9.91. The smallest absolute Gasteiger partial charge is 0.223 e. The van der Waals surface area contributed by atoms with E-state index >= 15 is 0 Å². The van der Waals surface area contributed by atoms with Crippen LogP contribution in [0.25, 0.3) is 0 Å². The maximum absolute atomic E-state index is 13.1. The Labute approximate surface area is 146 Å². The van der Waals surface area contributed by atoms with Crippen LogP contribution in [0, 0.1) is 0 Å². The standard InChI is InChI=1S/C8H2F17NO2S/c9-1(10,3(13,14)5(17,18)7(21,22)23)2(11,12)4(15,16)6(19,20)8(24,25)29(26,27)28/h(H2,26,27,28)/i26+1. The normalized spacial score (nSPS) is 16.9. The van der Waals surface area contributed by atoms with Crippen molar-refractivity contribution in [3.05, 3.63) is 0 Å². The van der Waals surface area contributed by atoms with Gasteiger partial charge in [-0.05, 0) is 0 Å². The summed E-state index contributed by atoms with van der Waals surface area (Å²) in [5.74, 6) is -51.6. The third kappa shape index (κ3) is 3.26. The van der Waals surface area contributed by atoms with Crippen molar-refractivity contribution in [1.82, 2.24) is 0 Å². The number of hydrogen-bond donors (Lipinski definition) is 1. The highest BCUT2D eigenvalue weighted by atomic mass is 32.2. The predicted molar refractivity (Wildman–Crippen MR) is 53.8 cm³/mol. The van der Waals surface area contributed by atoms with Crippen molar-refractivity contribution in [1.29, 1.82) is 0 Å². The van der Waals surface area contributed by atoms with Crippen molar-refractivity contribution < 1.29 is 83.1 Å². The van der Waals surface area contributed by atoms with Crippen LogP contribution in [0.15, 0.2) is 0 Å². The monoisotopic (exact) mass is 500 g/mol. The van der Waals surface area contributed by atoms with Crippen molar-refractivity contribution >= 4 is 10.0 Å². The Morgan fingerprint density at radius 1 is 0.414 bits per heavy atom. The summed E-state index contributed by atoms with van der Waals surface area (Å²) in [5, 5.41) is -4.30. The van der Waals surface area contributed by atoms with Gasteiger partial charge >= 0.3 is 47.0 Å². The number of alkyl halides is 17. The molecule has 0 atom stereocenters. The Morgan fingerprint density at radius 3 is 0.828 bits per heavy atom.